The number of nitrogens with two attached hydrogens (primary N) is 1. The lowest BCUT2D eigenvalue weighted by atomic mass is 10.2. The molecule has 88 valence electrons. The topological polar surface area (TPSA) is 99.7 Å². The number of likely N-dealkylation sites (N-methyl/N-ethyl adjacent to an activating group) is 1. The SMILES string of the molecule is CC(O)CN(C)c1ncc(N)cc1C(=O)O. The van der Waals surface area contributed by atoms with Crippen molar-refractivity contribution in [3.63, 3.8) is 0 Å². The summed E-state index contributed by atoms with van der Waals surface area (Å²) in [6.45, 7) is 1.92. The number of rotatable bonds is 4. The van der Waals surface area contributed by atoms with Gasteiger partial charge in [-0.05, 0) is 13.0 Å². The van der Waals surface area contributed by atoms with E-state index in [2.05, 4.69) is 4.98 Å². The second-order valence-corrected chi connectivity index (χ2v) is 3.67. The average molecular weight is 225 g/mol. The third-order valence-corrected chi connectivity index (χ3v) is 2.02. The number of nitrogens with zero attached hydrogens (tertiary/aromatic N) is 2. The highest BCUT2D eigenvalue weighted by molar-refractivity contribution is 5.94. The van der Waals surface area contributed by atoms with Gasteiger partial charge in [0.25, 0.3) is 0 Å². The van der Waals surface area contributed by atoms with Gasteiger partial charge in [-0.15, -0.1) is 0 Å². The van der Waals surface area contributed by atoms with E-state index < -0.39 is 12.1 Å². The van der Waals surface area contributed by atoms with Crippen LogP contribution in [0.5, 0.6) is 0 Å². The van der Waals surface area contributed by atoms with Gasteiger partial charge in [0.15, 0.2) is 0 Å². The van der Waals surface area contributed by atoms with Crippen molar-refractivity contribution in [1.82, 2.24) is 4.98 Å². The normalized spacial score (nSPS) is 12.2. The van der Waals surface area contributed by atoms with Crippen molar-refractivity contribution in [2.45, 2.75) is 13.0 Å². The van der Waals surface area contributed by atoms with E-state index in [-0.39, 0.29) is 5.56 Å². The van der Waals surface area contributed by atoms with Crippen molar-refractivity contribution in [1.29, 1.82) is 0 Å². The fourth-order valence-corrected chi connectivity index (χ4v) is 1.42. The third-order valence-electron chi connectivity index (χ3n) is 2.02. The molecule has 1 atom stereocenters. The predicted octanol–water partition coefficient (Wildman–Crippen LogP) is 0.179. The summed E-state index contributed by atoms with van der Waals surface area (Å²) in [4.78, 5) is 16.5. The van der Waals surface area contributed by atoms with Gasteiger partial charge in [-0.2, -0.15) is 0 Å². The number of hydrogen-bond acceptors (Lipinski definition) is 5. The van der Waals surface area contributed by atoms with Gasteiger partial charge in [0.2, 0.25) is 0 Å². The summed E-state index contributed by atoms with van der Waals surface area (Å²) in [5.74, 6) is -0.796. The van der Waals surface area contributed by atoms with Gasteiger partial charge in [0.05, 0.1) is 18.0 Å². The van der Waals surface area contributed by atoms with Crippen molar-refractivity contribution < 1.29 is 15.0 Å². The second-order valence-electron chi connectivity index (χ2n) is 3.67. The maximum atomic E-state index is 11.0. The van der Waals surface area contributed by atoms with Crippen LogP contribution in [0.1, 0.15) is 17.3 Å². The first-order valence-corrected chi connectivity index (χ1v) is 4.80. The van der Waals surface area contributed by atoms with Gasteiger partial charge in [0.1, 0.15) is 11.4 Å². The summed E-state index contributed by atoms with van der Waals surface area (Å²) in [5, 5.41) is 18.2. The smallest absolute Gasteiger partial charge is 0.339 e. The van der Waals surface area contributed by atoms with Gasteiger partial charge < -0.3 is 20.8 Å². The summed E-state index contributed by atoms with van der Waals surface area (Å²) in [6, 6.07) is 1.35. The Kier molecular flexibility index (Phi) is 3.68. The molecule has 0 saturated carbocycles. The van der Waals surface area contributed by atoms with E-state index in [9.17, 15) is 9.90 Å². The molecule has 0 fully saturated rings. The third kappa shape index (κ3) is 2.83. The number of hydrogen-bond donors (Lipinski definition) is 3. The molecular formula is C10H15N3O3. The largest absolute Gasteiger partial charge is 0.478 e. The number of aromatic nitrogens is 1. The zero-order chi connectivity index (χ0) is 12.3. The molecule has 1 rings (SSSR count). The molecule has 1 unspecified atom stereocenters. The zero-order valence-electron chi connectivity index (χ0n) is 9.21. The fourth-order valence-electron chi connectivity index (χ4n) is 1.42. The molecule has 0 aliphatic rings. The van der Waals surface area contributed by atoms with E-state index >= 15 is 0 Å². The Morgan fingerprint density at radius 2 is 2.31 bits per heavy atom. The van der Waals surface area contributed by atoms with E-state index in [1.807, 2.05) is 0 Å². The van der Waals surface area contributed by atoms with Crippen LogP contribution in [0.15, 0.2) is 12.3 Å². The monoisotopic (exact) mass is 225 g/mol. The number of carboxylic acids is 1. The summed E-state index contributed by atoms with van der Waals surface area (Å²) < 4.78 is 0. The van der Waals surface area contributed by atoms with Crippen molar-refractivity contribution in [2.24, 2.45) is 0 Å². The van der Waals surface area contributed by atoms with Crippen molar-refractivity contribution >= 4 is 17.5 Å². The number of pyridine rings is 1. The molecule has 0 aliphatic carbocycles. The number of nitrogen functional groups attached to an aromatic ring is 1. The van der Waals surface area contributed by atoms with Crippen LogP contribution in [0.2, 0.25) is 0 Å². The lowest BCUT2D eigenvalue weighted by Crippen LogP contribution is -2.29. The van der Waals surface area contributed by atoms with Crippen LogP contribution in [-0.4, -0.2) is 40.9 Å². The summed E-state index contributed by atoms with van der Waals surface area (Å²) in [7, 11) is 1.66. The Hall–Kier alpha value is -1.82. The first-order chi connectivity index (χ1) is 7.41. The minimum absolute atomic E-state index is 0.0307. The lowest BCUT2D eigenvalue weighted by molar-refractivity contribution is 0.0697. The van der Waals surface area contributed by atoms with Crippen LogP contribution in [0, 0.1) is 0 Å². The number of aromatic carboxylic acids is 1. The van der Waals surface area contributed by atoms with Gasteiger partial charge in [-0.25, -0.2) is 9.78 Å². The van der Waals surface area contributed by atoms with Gasteiger partial charge in [0, 0.05) is 13.6 Å². The van der Waals surface area contributed by atoms with Crippen molar-refractivity contribution in [3.8, 4) is 0 Å². The molecule has 1 aromatic rings. The van der Waals surface area contributed by atoms with E-state index in [4.69, 9.17) is 10.8 Å². The maximum Gasteiger partial charge on any atom is 0.339 e. The quantitative estimate of drug-likeness (QED) is 0.676. The molecule has 4 N–H and O–H groups in total. The number of aliphatic hydroxyl groups is 1. The number of carbonyl (C=O) groups is 1. The van der Waals surface area contributed by atoms with Crippen LogP contribution < -0.4 is 10.6 Å². The number of carboxylic acid groups (broad SMARTS) is 1. The molecule has 0 bridgehead atoms. The van der Waals surface area contributed by atoms with E-state index in [1.54, 1.807) is 18.9 Å². The molecule has 0 spiro atoms. The number of anilines is 2. The molecule has 0 radical (unpaired) electrons. The first-order valence-electron chi connectivity index (χ1n) is 4.80. The van der Waals surface area contributed by atoms with Gasteiger partial charge in [-0.3, -0.25) is 0 Å². The first kappa shape index (κ1) is 12.3. The van der Waals surface area contributed by atoms with Crippen LogP contribution in [0.3, 0.4) is 0 Å². The maximum absolute atomic E-state index is 11.0. The highest BCUT2D eigenvalue weighted by Gasteiger charge is 2.16. The van der Waals surface area contributed by atoms with Crippen molar-refractivity contribution in [3.05, 3.63) is 17.8 Å². The Bertz CT molecular complexity index is 393. The highest BCUT2D eigenvalue weighted by atomic mass is 16.4. The Morgan fingerprint density at radius 3 is 2.81 bits per heavy atom. The minimum atomic E-state index is -1.09. The molecule has 0 aliphatic heterocycles. The average Bonchev–Trinajstić information content (AvgIpc) is 2.16. The van der Waals surface area contributed by atoms with E-state index in [0.29, 0.717) is 18.1 Å². The van der Waals surface area contributed by atoms with E-state index in [0.717, 1.165) is 0 Å². The Morgan fingerprint density at radius 1 is 1.69 bits per heavy atom. The lowest BCUT2D eigenvalue weighted by Gasteiger charge is -2.21. The second kappa shape index (κ2) is 4.80. The Balaban J connectivity index is 3.07. The molecule has 0 saturated heterocycles. The summed E-state index contributed by atoms with van der Waals surface area (Å²) >= 11 is 0. The van der Waals surface area contributed by atoms with Gasteiger partial charge in [-0.1, -0.05) is 0 Å². The van der Waals surface area contributed by atoms with E-state index in [1.165, 1.54) is 12.3 Å². The zero-order valence-corrected chi connectivity index (χ0v) is 9.21. The number of aliphatic hydroxyl groups excluding tert-OH is 1. The van der Waals surface area contributed by atoms with Crippen LogP contribution in [0.25, 0.3) is 0 Å². The molecular weight excluding hydrogens is 210 g/mol. The molecule has 0 amide bonds. The molecule has 6 nitrogen and oxygen atoms in total. The van der Waals surface area contributed by atoms with Crippen LogP contribution in [0.4, 0.5) is 11.5 Å². The molecule has 16 heavy (non-hydrogen) atoms. The molecule has 6 heteroatoms. The molecule has 0 aromatic carbocycles. The molecule has 1 aromatic heterocycles. The summed E-state index contributed by atoms with van der Waals surface area (Å²) in [6.07, 6.45) is 0.825. The van der Waals surface area contributed by atoms with Crippen LogP contribution in [-0.2, 0) is 0 Å². The highest BCUT2D eigenvalue weighted by Crippen LogP contribution is 2.19. The minimum Gasteiger partial charge on any atom is -0.478 e. The standard InChI is InChI=1S/C10H15N3O3/c1-6(14)5-13(2)9-8(10(15)16)3-7(11)4-12-9/h3-4,6,14H,5,11H2,1-2H3,(H,15,16). The predicted molar refractivity (Wildman–Crippen MR) is 60.6 cm³/mol. The molecule has 1 heterocycles. The fraction of sp³-hybridized carbons (Fsp3) is 0.400. The van der Waals surface area contributed by atoms with Crippen molar-refractivity contribution in [2.75, 3.05) is 24.2 Å². The van der Waals surface area contributed by atoms with Crippen LogP contribution >= 0.6 is 0 Å². The Labute approximate surface area is 93.3 Å². The van der Waals surface area contributed by atoms with Gasteiger partial charge >= 0.3 is 5.97 Å². The summed E-state index contributed by atoms with van der Waals surface area (Å²) in [5.41, 5.74) is 5.80.